The van der Waals surface area contributed by atoms with Gasteiger partial charge in [0.25, 0.3) is 0 Å². The van der Waals surface area contributed by atoms with Gasteiger partial charge in [0.15, 0.2) is 5.11 Å². The molecule has 0 aliphatic rings. The van der Waals surface area contributed by atoms with E-state index in [4.69, 9.17) is 17.0 Å². The van der Waals surface area contributed by atoms with Gasteiger partial charge in [-0.25, -0.2) is 4.79 Å². The Kier molecular flexibility index (Phi) is 8.29. The zero-order valence-electron chi connectivity index (χ0n) is 19.9. The number of nitrogens with one attached hydrogen (secondary N) is 1. The highest BCUT2D eigenvalue weighted by molar-refractivity contribution is 7.80. The van der Waals surface area contributed by atoms with Crippen molar-refractivity contribution in [3.05, 3.63) is 113 Å². The van der Waals surface area contributed by atoms with E-state index in [9.17, 15) is 4.79 Å². The third-order valence-electron chi connectivity index (χ3n) is 5.57. The van der Waals surface area contributed by atoms with E-state index in [-0.39, 0.29) is 5.97 Å². The van der Waals surface area contributed by atoms with Crippen LogP contribution in [0.25, 0.3) is 11.1 Å². The van der Waals surface area contributed by atoms with Gasteiger partial charge in [-0.2, -0.15) is 0 Å². The highest BCUT2D eigenvalue weighted by Crippen LogP contribution is 2.40. The molecule has 4 nitrogen and oxygen atoms in total. The molecular formula is C29H28N2O2S2. The van der Waals surface area contributed by atoms with Gasteiger partial charge in [0.2, 0.25) is 0 Å². The average molecular weight is 501 g/mol. The molecule has 35 heavy (non-hydrogen) atoms. The molecule has 0 saturated heterocycles. The molecule has 0 unspecified atom stereocenters. The zero-order valence-corrected chi connectivity index (χ0v) is 21.5. The first-order valence-corrected chi connectivity index (χ1v) is 12.8. The number of aryl methyl sites for hydroxylation is 1. The van der Waals surface area contributed by atoms with Crippen LogP contribution in [0.15, 0.2) is 91.0 Å². The third kappa shape index (κ3) is 6.15. The van der Waals surface area contributed by atoms with Crippen molar-refractivity contribution in [2.45, 2.75) is 26.9 Å². The maximum atomic E-state index is 13.1. The van der Waals surface area contributed by atoms with Crippen LogP contribution in [0, 0.1) is 6.92 Å². The number of carbonyl (C=O) groups is 1. The Hall–Kier alpha value is -3.48. The summed E-state index contributed by atoms with van der Waals surface area (Å²) in [4.78, 5) is 16.2. The molecule has 0 amide bonds. The van der Waals surface area contributed by atoms with E-state index < -0.39 is 0 Å². The monoisotopic (exact) mass is 500 g/mol. The van der Waals surface area contributed by atoms with Gasteiger partial charge in [0.1, 0.15) is 10.6 Å². The van der Waals surface area contributed by atoms with E-state index in [0.29, 0.717) is 35.4 Å². The summed E-state index contributed by atoms with van der Waals surface area (Å²) in [6.07, 6.45) is 0. The van der Waals surface area contributed by atoms with Crippen LogP contribution in [0.2, 0.25) is 0 Å². The van der Waals surface area contributed by atoms with Crippen molar-refractivity contribution in [3.63, 3.8) is 0 Å². The summed E-state index contributed by atoms with van der Waals surface area (Å²) in [5.74, 6) is -0.348. The van der Waals surface area contributed by atoms with Gasteiger partial charge < -0.3 is 15.0 Å². The average Bonchev–Trinajstić information content (AvgIpc) is 3.21. The molecule has 4 aromatic rings. The highest BCUT2D eigenvalue weighted by atomic mass is 32.1. The molecule has 0 radical (unpaired) electrons. The Labute approximate surface area is 216 Å². The minimum absolute atomic E-state index is 0.306. The van der Waals surface area contributed by atoms with Crippen molar-refractivity contribution in [1.29, 1.82) is 0 Å². The van der Waals surface area contributed by atoms with Crippen molar-refractivity contribution < 1.29 is 9.53 Å². The van der Waals surface area contributed by atoms with E-state index in [1.165, 1.54) is 11.3 Å². The fourth-order valence-electron chi connectivity index (χ4n) is 3.97. The SMILES string of the molecule is CCOC(=O)c1c(NC(=S)N(Cc2ccccc2)Cc2ccccc2)sc(C)c1-c1ccccc1. The lowest BCUT2D eigenvalue weighted by atomic mass is 10.0. The second kappa shape index (κ2) is 11.8. The molecule has 1 heterocycles. The van der Waals surface area contributed by atoms with Crippen molar-refractivity contribution in [1.82, 2.24) is 4.90 Å². The molecular weight excluding hydrogens is 472 g/mol. The Morgan fingerprint density at radius 3 is 1.91 bits per heavy atom. The molecule has 0 fully saturated rings. The van der Waals surface area contributed by atoms with Crippen molar-refractivity contribution in [3.8, 4) is 11.1 Å². The van der Waals surface area contributed by atoms with E-state index in [2.05, 4.69) is 34.5 Å². The van der Waals surface area contributed by atoms with Crippen molar-refractivity contribution in [2.24, 2.45) is 0 Å². The summed E-state index contributed by atoms with van der Waals surface area (Å²) < 4.78 is 5.45. The fourth-order valence-corrected chi connectivity index (χ4v) is 5.33. The van der Waals surface area contributed by atoms with Gasteiger partial charge in [-0.1, -0.05) is 91.0 Å². The Morgan fingerprint density at radius 2 is 1.40 bits per heavy atom. The maximum absolute atomic E-state index is 13.1. The minimum atomic E-state index is -0.348. The van der Waals surface area contributed by atoms with Gasteiger partial charge in [0.05, 0.1) is 6.61 Å². The Morgan fingerprint density at radius 1 is 0.886 bits per heavy atom. The van der Waals surface area contributed by atoms with Crippen molar-refractivity contribution in [2.75, 3.05) is 11.9 Å². The summed E-state index contributed by atoms with van der Waals surface area (Å²) in [6.45, 7) is 5.44. The van der Waals surface area contributed by atoms with Gasteiger partial charge in [-0.05, 0) is 42.8 Å². The third-order valence-corrected chi connectivity index (χ3v) is 6.95. The van der Waals surface area contributed by atoms with Crippen LogP contribution >= 0.6 is 23.6 Å². The summed E-state index contributed by atoms with van der Waals surface area (Å²) in [5, 5.41) is 4.66. The number of esters is 1. The molecule has 0 saturated carbocycles. The van der Waals surface area contributed by atoms with E-state index in [1.807, 2.05) is 80.6 Å². The molecule has 1 N–H and O–H groups in total. The molecule has 6 heteroatoms. The van der Waals surface area contributed by atoms with Crippen LogP contribution < -0.4 is 5.32 Å². The number of rotatable bonds is 8. The molecule has 0 aliphatic carbocycles. The van der Waals surface area contributed by atoms with Gasteiger partial charge >= 0.3 is 5.97 Å². The second-order valence-corrected chi connectivity index (χ2v) is 9.69. The van der Waals surface area contributed by atoms with Gasteiger partial charge in [0, 0.05) is 23.5 Å². The smallest absolute Gasteiger partial charge is 0.341 e. The maximum Gasteiger partial charge on any atom is 0.341 e. The minimum Gasteiger partial charge on any atom is -0.462 e. The van der Waals surface area contributed by atoms with E-state index in [0.717, 1.165) is 27.1 Å². The zero-order chi connectivity index (χ0) is 24.6. The van der Waals surface area contributed by atoms with Crippen LogP contribution in [0.3, 0.4) is 0 Å². The number of benzene rings is 3. The number of ether oxygens (including phenoxy) is 1. The standard InChI is InChI=1S/C29H28N2O2S2/c1-3-33-28(32)26-25(24-17-11-6-12-18-24)21(2)35-27(26)30-29(34)31(19-22-13-7-4-8-14-22)20-23-15-9-5-10-16-23/h4-18H,3,19-20H2,1-2H3,(H,30,34). The summed E-state index contributed by atoms with van der Waals surface area (Å²) in [5.41, 5.74) is 4.71. The number of thiophene rings is 1. The van der Waals surface area contributed by atoms with E-state index >= 15 is 0 Å². The fraction of sp³-hybridized carbons (Fsp3) is 0.172. The lowest BCUT2D eigenvalue weighted by molar-refractivity contribution is 0.0529. The highest BCUT2D eigenvalue weighted by Gasteiger charge is 2.26. The normalized spacial score (nSPS) is 10.6. The molecule has 4 rings (SSSR count). The molecule has 3 aromatic carbocycles. The Bertz CT molecular complexity index is 1230. The van der Waals surface area contributed by atoms with E-state index in [1.54, 1.807) is 0 Å². The first kappa shape index (κ1) is 24.6. The van der Waals surface area contributed by atoms with Gasteiger partial charge in [-0.15, -0.1) is 11.3 Å². The molecule has 178 valence electrons. The number of nitrogens with zero attached hydrogens (tertiary/aromatic N) is 1. The predicted octanol–water partition coefficient (Wildman–Crippen LogP) is 7.30. The largest absolute Gasteiger partial charge is 0.462 e. The number of hydrogen-bond acceptors (Lipinski definition) is 4. The number of carbonyl (C=O) groups excluding carboxylic acids is 1. The topological polar surface area (TPSA) is 41.6 Å². The quantitative estimate of drug-likeness (QED) is 0.203. The molecule has 1 aromatic heterocycles. The van der Waals surface area contributed by atoms with Crippen LogP contribution in [-0.4, -0.2) is 22.6 Å². The first-order chi connectivity index (χ1) is 17.1. The number of thiocarbonyl (C=S) groups is 1. The predicted molar refractivity (Wildman–Crippen MR) is 149 cm³/mol. The Balaban J connectivity index is 1.68. The van der Waals surface area contributed by atoms with Crippen LogP contribution in [0.5, 0.6) is 0 Å². The molecule has 0 spiro atoms. The lowest BCUT2D eigenvalue weighted by Crippen LogP contribution is -2.34. The van der Waals surface area contributed by atoms with Crippen molar-refractivity contribution >= 4 is 39.6 Å². The summed E-state index contributed by atoms with van der Waals surface area (Å²) in [7, 11) is 0. The number of anilines is 1. The van der Waals surface area contributed by atoms with Crippen LogP contribution in [-0.2, 0) is 17.8 Å². The van der Waals surface area contributed by atoms with Crippen LogP contribution in [0.4, 0.5) is 5.00 Å². The molecule has 0 atom stereocenters. The van der Waals surface area contributed by atoms with Crippen LogP contribution in [0.1, 0.15) is 33.3 Å². The molecule has 0 aliphatic heterocycles. The van der Waals surface area contributed by atoms with Gasteiger partial charge in [-0.3, -0.25) is 0 Å². The summed E-state index contributed by atoms with van der Waals surface area (Å²) >= 11 is 7.43. The second-order valence-electron chi connectivity index (χ2n) is 8.08. The lowest BCUT2D eigenvalue weighted by Gasteiger charge is -2.26. The number of hydrogen-bond donors (Lipinski definition) is 1. The summed E-state index contributed by atoms with van der Waals surface area (Å²) in [6, 6.07) is 30.4. The molecule has 0 bridgehead atoms. The first-order valence-electron chi connectivity index (χ1n) is 11.6.